The summed E-state index contributed by atoms with van der Waals surface area (Å²) in [7, 11) is 0. The molecule has 5 nitrogen and oxygen atoms in total. The number of amides is 1. The van der Waals surface area contributed by atoms with Crippen LogP contribution in [0.15, 0.2) is 0 Å². The summed E-state index contributed by atoms with van der Waals surface area (Å²) in [6.07, 6.45) is -4.64. The number of H-pyrrole nitrogens is 1. The Kier molecular flexibility index (Phi) is 2.87. The highest BCUT2D eigenvalue weighted by atomic mass is 19.4. The highest BCUT2D eigenvalue weighted by Crippen LogP contribution is 2.48. The third-order valence-corrected chi connectivity index (χ3v) is 3.04. The second kappa shape index (κ2) is 3.94. The van der Waals surface area contributed by atoms with Crippen LogP contribution in [0.5, 0.6) is 0 Å². The van der Waals surface area contributed by atoms with Crippen molar-refractivity contribution >= 4 is 5.91 Å². The Balaban J connectivity index is 2.12. The molecular formula is C11H15F3N4O. The number of rotatable bonds is 2. The van der Waals surface area contributed by atoms with E-state index in [1.807, 2.05) is 26.1 Å². The SMILES string of the molecule is CC(C)(C)c1nc(C(=O)NC2(C(F)(F)F)CC2)n[nH]1. The van der Waals surface area contributed by atoms with E-state index in [2.05, 4.69) is 15.2 Å². The quantitative estimate of drug-likeness (QED) is 0.867. The molecule has 1 fully saturated rings. The first-order valence-electron chi connectivity index (χ1n) is 5.87. The molecule has 8 heteroatoms. The summed E-state index contributed by atoms with van der Waals surface area (Å²) in [6.45, 7) is 5.56. The van der Waals surface area contributed by atoms with Crippen molar-refractivity contribution in [1.82, 2.24) is 20.5 Å². The molecule has 106 valence electrons. The second-order valence-electron chi connectivity index (χ2n) is 5.79. The van der Waals surface area contributed by atoms with Crippen molar-refractivity contribution in [3.63, 3.8) is 0 Å². The van der Waals surface area contributed by atoms with E-state index < -0.39 is 17.6 Å². The molecule has 2 N–H and O–H groups in total. The molecule has 0 aliphatic heterocycles. The summed E-state index contributed by atoms with van der Waals surface area (Å²) in [6, 6.07) is 0. The van der Waals surface area contributed by atoms with Crippen LogP contribution in [-0.2, 0) is 5.41 Å². The molecule has 1 aliphatic carbocycles. The van der Waals surface area contributed by atoms with Crippen molar-refractivity contribution in [1.29, 1.82) is 0 Å². The zero-order valence-corrected chi connectivity index (χ0v) is 10.9. The van der Waals surface area contributed by atoms with Gasteiger partial charge in [0, 0.05) is 5.41 Å². The van der Waals surface area contributed by atoms with Crippen molar-refractivity contribution < 1.29 is 18.0 Å². The summed E-state index contributed by atoms with van der Waals surface area (Å²) in [5.74, 6) is -0.712. The van der Waals surface area contributed by atoms with E-state index in [9.17, 15) is 18.0 Å². The minimum Gasteiger partial charge on any atom is -0.335 e. The van der Waals surface area contributed by atoms with Gasteiger partial charge in [-0.1, -0.05) is 20.8 Å². The van der Waals surface area contributed by atoms with Gasteiger partial charge in [0.25, 0.3) is 5.91 Å². The predicted molar refractivity (Wildman–Crippen MR) is 60.6 cm³/mol. The lowest BCUT2D eigenvalue weighted by molar-refractivity contribution is -0.163. The van der Waals surface area contributed by atoms with Gasteiger partial charge in [-0.05, 0) is 12.8 Å². The van der Waals surface area contributed by atoms with Gasteiger partial charge in [-0.25, -0.2) is 4.98 Å². The Bertz CT molecular complexity index is 497. The molecule has 1 heterocycles. The molecule has 0 spiro atoms. The van der Waals surface area contributed by atoms with Crippen LogP contribution >= 0.6 is 0 Å². The van der Waals surface area contributed by atoms with Gasteiger partial charge in [-0.2, -0.15) is 13.2 Å². The molecule has 0 aromatic carbocycles. The molecule has 19 heavy (non-hydrogen) atoms. The average molecular weight is 276 g/mol. The fraction of sp³-hybridized carbons (Fsp3) is 0.727. The zero-order chi connectivity index (χ0) is 14.5. The van der Waals surface area contributed by atoms with E-state index in [0.717, 1.165) is 0 Å². The van der Waals surface area contributed by atoms with E-state index in [4.69, 9.17) is 0 Å². The van der Waals surface area contributed by atoms with Crippen molar-refractivity contribution in [2.45, 2.75) is 50.7 Å². The number of halogens is 3. The summed E-state index contributed by atoms with van der Waals surface area (Å²) < 4.78 is 38.1. The lowest BCUT2D eigenvalue weighted by Gasteiger charge is -2.19. The van der Waals surface area contributed by atoms with Crippen LogP contribution < -0.4 is 5.32 Å². The van der Waals surface area contributed by atoms with Crippen molar-refractivity contribution in [2.75, 3.05) is 0 Å². The van der Waals surface area contributed by atoms with Gasteiger partial charge < -0.3 is 5.32 Å². The molecule has 1 aliphatic rings. The number of carbonyl (C=O) groups excluding carboxylic acids is 1. The van der Waals surface area contributed by atoms with E-state index in [1.165, 1.54) is 0 Å². The Morgan fingerprint density at radius 3 is 2.26 bits per heavy atom. The third-order valence-electron chi connectivity index (χ3n) is 3.04. The first kappa shape index (κ1) is 13.8. The Morgan fingerprint density at radius 2 is 1.89 bits per heavy atom. The maximum absolute atomic E-state index is 12.7. The molecule has 0 unspecified atom stereocenters. The first-order valence-corrected chi connectivity index (χ1v) is 5.87. The van der Waals surface area contributed by atoms with Gasteiger partial charge in [0.05, 0.1) is 0 Å². The highest BCUT2D eigenvalue weighted by molar-refractivity contribution is 5.91. The molecular weight excluding hydrogens is 261 g/mol. The van der Waals surface area contributed by atoms with E-state index in [1.54, 1.807) is 0 Å². The standard InChI is InChI=1S/C11H15F3N4O/c1-9(2,3)8-15-6(17-18-8)7(19)16-10(4-5-10)11(12,13)14/h4-5H2,1-3H3,(H,16,19)(H,15,17,18). The fourth-order valence-electron chi connectivity index (χ4n) is 1.58. The van der Waals surface area contributed by atoms with Gasteiger partial charge in [0.2, 0.25) is 5.82 Å². The lowest BCUT2D eigenvalue weighted by atomic mass is 9.96. The average Bonchev–Trinajstić information content (AvgIpc) is 2.85. The minimum atomic E-state index is -4.44. The van der Waals surface area contributed by atoms with Crippen LogP contribution in [0.3, 0.4) is 0 Å². The molecule has 1 aromatic rings. The molecule has 0 radical (unpaired) electrons. The second-order valence-corrected chi connectivity index (χ2v) is 5.79. The molecule has 0 atom stereocenters. The van der Waals surface area contributed by atoms with Crippen LogP contribution in [-0.4, -0.2) is 32.8 Å². The highest BCUT2D eigenvalue weighted by Gasteiger charge is 2.64. The van der Waals surface area contributed by atoms with Gasteiger partial charge >= 0.3 is 6.18 Å². The maximum atomic E-state index is 12.7. The van der Waals surface area contributed by atoms with Gasteiger partial charge in [-0.15, -0.1) is 5.10 Å². The van der Waals surface area contributed by atoms with Crippen LogP contribution in [0.2, 0.25) is 0 Å². The molecule has 0 saturated heterocycles. The van der Waals surface area contributed by atoms with Crippen LogP contribution in [0.4, 0.5) is 13.2 Å². The topological polar surface area (TPSA) is 70.7 Å². The lowest BCUT2D eigenvalue weighted by Crippen LogP contribution is -2.48. The van der Waals surface area contributed by atoms with Gasteiger partial charge in [0.1, 0.15) is 11.4 Å². The minimum absolute atomic E-state index is 0.0984. The van der Waals surface area contributed by atoms with E-state index in [0.29, 0.717) is 5.82 Å². The van der Waals surface area contributed by atoms with Crippen molar-refractivity contribution in [2.24, 2.45) is 0 Å². The monoisotopic (exact) mass is 276 g/mol. The number of aromatic nitrogens is 3. The number of nitrogens with one attached hydrogen (secondary N) is 2. The van der Waals surface area contributed by atoms with Gasteiger partial charge in [0.15, 0.2) is 0 Å². The summed E-state index contributed by atoms with van der Waals surface area (Å²) in [4.78, 5) is 15.7. The maximum Gasteiger partial charge on any atom is 0.411 e. The smallest absolute Gasteiger partial charge is 0.335 e. The number of hydrogen-bond acceptors (Lipinski definition) is 3. The Hall–Kier alpha value is -1.60. The number of carbonyl (C=O) groups is 1. The summed E-state index contributed by atoms with van der Waals surface area (Å²) >= 11 is 0. The number of alkyl halides is 3. The third kappa shape index (κ3) is 2.57. The summed E-state index contributed by atoms with van der Waals surface area (Å²) in [5.41, 5.74) is -2.45. The van der Waals surface area contributed by atoms with Gasteiger partial charge in [-0.3, -0.25) is 9.89 Å². The molecule has 1 saturated carbocycles. The Morgan fingerprint density at radius 1 is 1.32 bits per heavy atom. The normalized spacial score (nSPS) is 18.2. The first-order chi connectivity index (χ1) is 8.55. The predicted octanol–water partition coefficient (Wildman–Crippen LogP) is 1.93. The molecule has 1 aromatic heterocycles. The number of aromatic amines is 1. The molecule has 1 amide bonds. The van der Waals surface area contributed by atoms with Crippen LogP contribution in [0.1, 0.15) is 50.1 Å². The molecule has 0 bridgehead atoms. The zero-order valence-electron chi connectivity index (χ0n) is 10.9. The summed E-state index contributed by atoms with van der Waals surface area (Å²) in [5, 5.41) is 8.21. The van der Waals surface area contributed by atoms with Crippen LogP contribution in [0, 0.1) is 0 Å². The fourth-order valence-corrected chi connectivity index (χ4v) is 1.58. The molecule has 2 rings (SSSR count). The van der Waals surface area contributed by atoms with E-state index >= 15 is 0 Å². The number of hydrogen-bond donors (Lipinski definition) is 2. The van der Waals surface area contributed by atoms with Crippen molar-refractivity contribution in [3.05, 3.63) is 11.6 Å². The van der Waals surface area contributed by atoms with Crippen LogP contribution in [0.25, 0.3) is 0 Å². The Labute approximate surface area is 108 Å². The largest absolute Gasteiger partial charge is 0.411 e. The number of nitrogens with zero attached hydrogens (tertiary/aromatic N) is 2. The van der Waals surface area contributed by atoms with Crippen molar-refractivity contribution in [3.8, 4) is 0 Å². The van der Waals surface area contributed by atoms with E-state index in [-0.39, 0.29) is 24.1 Å².